The van der Waals surface area contributed by atoms with E-state index in [-0.39, 0.29) is 6.10 Å². The molecule has 3 aromatic heterocycles. The fraction of sp³-hybridized carbons (Fsp3) is 0.300. The zero-order valence-electron chi connectivity index (χ0n) is 15.6. The molecule has 1 atom stereocenters. The predicted molar refractivity (Wildman–Crippen MR) is 113 cm³/mol. The second-order valence-electron chi connectivity index (χ2n) is 7.15. The summed E-state index contributed by atoms with van der Waals surface area (Å²) in [5, 5.41) is 15.0. The van der Waals surface area contributed by atoms with E-state index in [1.807, 2.05) is 18.2 Å². The molecule has 1 saturated heterocycles. The maximum atomic E-state index is 10.1. The molecule has 148 valence electrons. The second kappa shape index (κ2) is 7.46. The van der Waals surface area contributed by atoms with Crippen molar-refractivity contribution in [3.8, 4) is 0 Å². The topological polar surface area (TPSA) is 103 Å². The first-order chi connectivity index (χ1) is 14.2. The van der Waals surface area contributed by atoms with Crippen LogP contribution in [0.2, 0.25) is 5.02 Å². The van der Waals surface area contributed by atoms with Crippen LogP contribution in [-0.4, -0.2) is 55.8 Å². The average Bonchev–Trinajstić information content (AvgIpc) is 3.38. The first kappa shape index (κ1) is 18.1. The summed E-state index contributed by atoms with van der Waals surface area (Å²) in [6, 6.07) is 5.89. The van der Waals surface area contributed by atoms with Crippen LogP contribution in [0, 0.1) is 0 Å². The zero-order valence-corrected chi connectivity index (χ0v) is 16.4. The van der Waals surface area contributed by atoms with Gasteiger partial charge >= 0.3 is 0 Å². The minimum atomic E-state index is -0.315. The van der Waals surface area contributed by atoms with Crippen LogP contribution in [0.15, 0.2) is 37.1 Å². The molecule has 3 N–H and O–H groups in total. The number of β-amino-alcohol motifs (C(OH)–C–C–N with tert-alkyl or cyclic N) is 1. The molecule has 0 unspecified atom stereocenters. The molecule has 9 heteroatoms. The Balaban J connectivity index is 1.46. The first-order valence-corrected chi connectivity index (χ1v) is 9.95. The summed E-state index contributed by atoms with van der Waals surface area (Å²) in [5.41, 5.74) is 4.44. The second-order valence-corrected chi connectivity index (χ2v) is 7.56. The van der Waals surface area contributed by atoms with E-state index < -0.39 is 0 Å². The molecule has 29 heavy (non-hydrogen) atoms. The Morgan fingerprint density at radius 2 is 2.17 bits per heavy atom. The summed E-state index contributed by atoms with van der Waals surface area (Å²) >= 11 is 6.57. The summed E-state index contributed by atoms with van der Waals surface area (Å²) in [6.07, 6.45) is 6.07. The van der Waals surface area contributed by atoms with Crippen molar-refractivity contribution >= 4 is 45.2 Å². The molecule has 0 amide bonds. The number of aliphatic hydroxyl groups is 1. The fourth-order valence-electron chi connectivity index (χ4n) is 3.94. The lowest BCUT2D eigenvalue weighted by molar-refractivity contribution is 0.198. The molecule has 1 aliphatic rings. The van der Waals surface area contributed by atoms with Crippen LogP contribution < -0.4 is 10.2 Å². The highest BCUT2D eigenvalue weighted by atomic mass is 35.5. The molecule has 5 rings (SSSR count). The maximum Gasteiger partial charge on any atom is 0.162 e. The monoisotopic (exact) mass is 409 g/mol. The van der Waals surface area contributed by atoms with Crippen molar-refractivity contribution in [3.63, 3.8) is 0 Å². The van der Waals surface area contributed by atoms with Gasteiger partial charge in [-0.25, -0.2) is 15.0 Å². The Kier molecular flexibility index (Phi) is 4.65. The first-order valence-electron chi connectivity index (χ1n) is 9.58. The molecule has 4 heterocycles. The molecule has 1 aliphatic heterocycles. The molecule has 0 spiro atoms. The van der Waals surface area contributed by atoms with E-state index in [1.54, 1.807) is 12.5 Å². The van der Waals surface area contributed by atoms with E-state index in [1.165, 1.54) is 6.33 Å². The number of aromatic nitrogens is 5. The Morgan fingerprint density at radius 1 is 1.24 bits per heavy atom. The van der Waals surface area contributed by atoms with Crippen molar-refractivity contribution < 1.29 is 5.11 Å². The van der Waals surface area contributed by atoms with Crippen molar-refractivity contribution in [1.82, 2.24) is 24.9 Å². The minimum absolute atomic E-state index is 0.315. The Bertz CT molecular complexity index is 1180. The largest absolute Gasteiger partial charge is 0.391 e. The summed E-state index contributed by atoms with van der Waals surface area (Å²) in [5.74, 6) is 0.694. The van der Waals surface area contributed by atoms with Gasteiger partial charge in [0.2, 0.25) is 0 Å². The fourth-order valence-corrected chi connectivity index (χ4v) is 4.22. The van der Waals surface area contributed by atoms with Crippen LogP contribution in [-0.2, 0) is 6.42 Å². The number of hydrogen-bond acceptors (Lipinski definition) is 7. The van der Waals surface area contributed by atoms with Gasteiger partial charge in [-0.2, -0.15) is 0 Å². The molecule has 0 radical (unpaired) electrons. The Morgan fingerprint density at radius 3 is 3.03 bits per heavy atom. The third kappa shape index (κ3) is 3.34. The van der Waals surface area contributed by atoms with Gasteiger partial charge in [0, 0.05) is 31.2 Å². The molecule has 0 aliphatic carbocycles. The number of halogens is 1. The molecule has 0 saturated carbocycles. The van der Waals surface area contributed by atoms with Gasteiger partial charge in [-0.3, -0.25) is 4.98 Å². The van der Waals surface area contributed by atoms with Gasteiger partial charge < -0.3 is 20.3 Å². The highest BCUT2D eigenvalue weighted by Gasteiger charge is 2.25. The number of benzene rings is 1. The van der Waals surface area contributed by atoms with Crippen molar-refractivity contribution in [2.45, 2.75) is 18.9 Å². The number of H-pyrrole nitrogens is 1. The van der Waals surface area contributed by atoms with Crippen LogP contribution in [0.1, 0.15) is 12.0 Å². The van der Waals surface area contributed by atoms with Crippen molar-refractivity contribution in [3.05, 3.63) is 47.6 Å². The van der Waals surface area contributed by atoms with Crippen LogP contribution in [0.4, 0.5) is 11.5 Å². The molecular formula is C20H20ClN7O. The van der Waals surface area contributed by atoms with Crippen molar-refractivity contribution in [2.24, 2.45) is 0 Å². The molecule has 1 fully saturated rings. The van der Waals surface area contributed by atoms with E-state index >= 15 is 0 Å². The lowest BCUT2D eigenvalue weighted by atomic mass is 10.0. The maximum absolute atomic E-state index is 10.1. The molecule has 1 aromatic carbocycles. The normalized spacial score (nSPS) is 16.8. The lowest BCUT2D eigenvalue weighted by Gasteiger charge is -2.24. The molecule has 8 nitrogen and oxygen atoms in total. The lowest BCUT2D eigenvalue weighted by Crippen LogP contribution is -2.23. The van der Waals surface area contributed by atoms with Crippen LogP contribution in [0.5, 0.6) is 0 Å². The van der Waals surface area contributed by atoms with Gasteiger partial charge in [-0.05, 0) is 36.6 Å². The number of anilines is 2. The zero-order chi connectivity index (χ0) is 19.8. The number of aromatic amines is 1. The number of rotatable bonds is 5. The van der Waals surface area contributed by atoms with E-state index in [2.05, 4.69) is 35.1 Å². The average molecular weight is 410 g/mol. The van der Waals surface area contributed by atoms with Crippen molar-refractivity contribution in [1.29, 1.82) is 0 Å². The standard InChI is InChI=1S/C20H20ClN7O/c21-15-8-12(3-6-23-19-17-20(25-10-24-17)27-11-26-19)18(28-7-4-13(29)9-28)16-14(15)2-1-5-22-16/h1-2,5,8,10-11,13,29H,3-4,6-7,9H2,(H2,23,24,25,26,27)/t13-/m1/s1. The van der Waals surface area contributed by atoms with Gasteiger partial charge in [0.1, 0.15) is 11.8 Å². The van der Waals surface area contributed by atoms with Crippen LogP contribution in [0.3, 0.4) is 0 Å². The van der Waals surface area contributed by atoms with E-state index in [0.717, 1.165) is 41.5 Å². The molecule has 0 bridgehead atoms. The van der Waals surface area contributed by atoms with E-state index in [4.69, 9.17) is 11.6 Å². The minimum Gasteiger partial charge on any atom is -0.391 e. The van der Waals surface area contributed by atoms with Crippen LogP contribution >= 0.6 is 11.6 Å². The highest BCUT2D eigenvalue weighted by molar-refractivity contribution is 6.36. The Hall–Kier alpha value is -2.97. The summed E-state index contributed by atoms with van der Waals surface area (Å²) in [4.78, 5) is 22.5. The smallest absolute Gasteiger partial charge is 0.162 e. The number of aliphatic hydroxyl groups excluding tert-OH is 1. The number of nitrogens with one attached hydrogen (secondary N) is 2. The Labute approximate surface area is 172 Å². The molecular weight excluding hydrogens is 390 g/mol. The number of pyridine rings is 1. The molecule has 4 aromatic rings. The van der Waals surface area contributed by atoms with Gasteiger partial charge in [0.15, 0.2) is 11.5 Å². The highest BCUT2D eigenvalue weighted by Crippen LogP contribution is 2.36. The summed E-state index contributed by atoms with van der Waals surface area (Å²) in [7, 11) is 0. The predicted octanol–water partition coefficient (Wildman–Crippen LogP) is 2.78. The quantitative estimate of drug-likeness (QED) is 0.465. The third-order valence-electron chi connectivity index (χ3n) is 5.28. The third-order valence-corrected chi connectivity index (χ3v) is 5.59. The van der Waals surface area contributed by atoms with Crippen molar-refractivity contribution in [2.75, 3.05) is 29.9 Å². The number of hydrogen-bond donors (Lipinski definition) is 3. The van der Waals surface area contributed by atoms with Gasteiger partial charge in [-0.15, -0.1) is 0 Å². The van der Waals surface area contributed by atoms with Gasteiger partial charge in [-0.1, -0.05) is 11.6 Å². The number of fused-ring (bicyclic) bond motifs is 2. The van der Waals surface area contributed by atoms with Gasteiger partial charge in [0.05, 0.1) is 28.7 Å². The van der Waals surface area contributed by atoms with Gasteiger partial charge in [0.25, 0.3) is 0 Å². The summed E-state index contributed by atoms with van der Waals surface area (Å²) < 4.78 is 0. The number of nitrogens with zero attached hydrogens (tertiary/aromatic N) is 5. The summed E-state index contributed by atoms with van der Waals surface area (Å²) in [6.45, 7) is 2.05. The van der Waals surface area contributed by atoms with E-state index in [0.29, 0.717) is 35.1 Å². The van der Waals surface area contributed by atoms with E-state index in [9.17, 15) is 5.11 Å². The number of imidazole rings is 1. The SMILES string of the molecule is O[C@@H]1CCN(c2c(CCNc3ncnc4[nH]cnc34)cc(Cl)c3cccnc23)C1. The van der Waals surface area contributed by atoms with Crippen LogP contribution in [0.25, 0.3) is 22.1 Å².